The number of ketones is 1. The Morgan fingerprint density at radius 1 is 0.893 bits per heavy atom. The van der Waals surface area contributed by atoms with Crippen LogP contribution in [0.2, 0.25) is 0 Å². The van der Waals surface area contributed by atoms with Gasteiger partial charge in [0.15, 0.2) is 5.78 Å². The van der Waals surface area contributed by atoms with Crippen molar-refractivity contribution in [3.8, 4) is 0 Å². The molecule has 1 aliphatic heterocycles. The van der Waals surface area contributed by atoms with Crippen LogP contribution in [-0.4, -0.2) is 59.6 Å². The highest BCUT2D eigenvalue weighted by molar-refractivity contribution is 5.98. The molecule has 6 heteroatoms. The summed E-state index contributed by atoms with van der Waals surface area (Å²) in [5.74, 6) is -0.134. The number of carbonyl (C=O) groups excluding carboxylic acids is 3. The quantitative estimate of drug-likeness (QED) is 0.811. The average Bonchev–Trinajstić information content (AvgIpc) is 2.73. The first kappa shape index (κ1) is 19.8. The first-order valence-corrected chi connectivity index (χ1v) is 9.46. The Bertz CT molecular complexity index is 858. The molecule has 0 saturated carbocycles. The maximum Gasteiger partial charge on any atom is 0.253 e. The van der Waals surface area contributed by atoms with Gasteiger partial charge in [-0.1, -0.05) is 30.3 Å². The van der Waals surface area contributed by atoms with Crippen molar-refractivity contribution in [3.05, 3.63) is 65.7 Å². The minimum atomic E-state index is -0.324. The normalized spacial score (nSPS) is 15.7. The maximum atomic E-state index is 12.6. The second kappa shape index (κ2) is 8.80. The third-order valence-corrected chi connectivity index (χ3v) is 5.09. The summed E-state index contributed by atoms with van der Waals surface area (Å²) in [6.07, 6.45) is 0. The van der Waals surface area contributed by atoms with Crippen LogP contribution in [0.5, 0.6) is 0 Å². The minimum absolute atomic E-state index is 0.0263. The van der Waals surface area contributed by atoms with E-state index in [4.69, 9.17) is 0 Å². The summed E-state index contributed by atoms with van der Waals surface area (Å²) in [7, 11) is 0. The second-order valence-electron chi connectivity index (χ2n) is 7.00. The molecule has 2 aromatic rings. The highest BCUT2D eigenvalue weighted by Gasteiger charge is 2.28. The van der Waals surface area contributed by atoms with Crippen molar-refractivity contribution >= 4 is 23.3 Å². The van der Waals surface area contributed by atoms with Gasteiger partial charge in [-0.3, -0.25) is 19.3 Å². The Balaban J connectivity index is 1.55. The Morgan fingerprint density at radius 3 is 2.18 bits per heavy atom. The highest BCUT2D eigenvalue weighted by atomic mass is 16.2. The van der Waals surface area contributed by atoms with E-state index in [1.165, 1.54) is 6.92 Å². The standard InChI is InChI=1S/C22H25N3O3/c1-16(21(27)23-20-10-6-9-19(15-20)17(2)26)24-11-13-25(14-12-24)22(28)18-7-4-3-5-8-18/h3-10,15-16H,11-14H2,1-2H3,(H,23,27)/t16-/m1/s1. The molecule has 1 N–H and O–H groups in total. The Kier molecular flexibility index (Phi) is 6.21. The third kappa shape index (κ3) is 4.64. The van der Waals surface area contributed by atoms with E-state index in [2.05, 4.69) is 10.2 Å². The second-order valence-corrected chi connectivity index (χ2v) is 7.00. The number of Topliss-reactive ketones (excluding diaryl/α,β-unsaturated/α-hetero) is 1. The summed E-state index contributed by atoms with van der Waals surface area (Å²) in [6.45, 7) is 5.82. The molecular formula is C22H25N3O3. The molecule has 1 aliphatic rings. The fourth-order valence-electron chi connectivity index (χ4n) is 3.30. The highest BCUT2D eigenvalue weighted by Crippen LogP contribution is 2.15. The van der Waals surface area contributed by atoms with Crippen LogP contribution in [0.15, 0.2) is 54.6 Å². The van der Waals surface area contributed by atoms with Crippen LogP contribution in [0.3, 0.4) is 0 Å². The van der Waals surface area contributed by atoms with Gasteiger partial charge in [-0.25, -0.2) is 0 Å². The van der Waals surface area contributed by atoms with Gasteiger partial charge >= 0.3 is 0 Å². The summed E-state index contributed by atoms with van der Waals surface area (Å²) in [5.41, 5.74) is 1.87. The lowest BCUT2D eigenvalue weighted by atomic mass is 10.1. The van der Waals surface area contributed by atoms with E-state index in [1.54, 1.807) is 24.3 Å². The van der Waals surface area contributed by atoms with E-state index in [1.807, 2.05) is 42.2 Å². The van der Waals surface area contributed by atoms with E-state index < -0.39 is 0 Å². The number of nitrogens with one attached hydrogen (secondary N) is 1. The predicted octanol–water partition coefficient (Wildman–Crippen LogP) is 2.67. The van der Waals surface area contributed by atoms with Crippen LogP contribution in [0.25, 0.3) is 0 Å². The molecule has 0 aliphatic carbocycles. The topological polar surface area (TPSA) is 69.7 Å². The first-order valence-electron chi connectivity index (χ1n) is 9.46. The summed E-state index contributed by atoms with van der Waals surface area (Å²) in [5, 5.41) is 2.88. The molecule has 1 atom stereocenters. The summed E-state index contributed by atoms with van der Waals surface area (Å²) in [6, 6.07) is 15.9. The zero-order valence-electron chi connectivity index (χ0n) is 16.2. The molecule has 0 radical (unpaired) electrons. The molecule has 0 aromatic heterocycles. The molecule has 6 nitrogen and oxygen atoms in total. The number of hydrogen-bond donors (Lipinski definition) is 1. The summed E-state index contributed by atoms with van der Waals surface area (Å²) in [4.78, 5) is 40.5. The zero-order chi connectivity index (χ0) is 20.1. The molecule has 3 rings (SSSR count). The molecule has 0 bridgehead atoms. The van der Waals surface area contributed by atoms with Crippen molar-refractivity contribution in [1.82, 2.24) is 9.80 Å². The lowest BCUT2D eigenvalue weighted by Crippen LogP contribution is -2.54. The van der Waals surface area contributed by atoms with E-state index in [-0.39, 0.29) is 23.6 Å². The maximum absolute atomic E-state index is 12.6. The number of anilines is 1. The van der Waals surface area contributed by atoms with E-state index in [0.29, 0.717) is 43.0 Å². The SMILES string of the molecule is CC(=O)c1cccc(NC(=O)[C@@H](C)N2CCN(C(=O)c3ccccc3)CC2)c1. The van der Waals surface area contributed by atoms with Gasteiger partial charge in [0.2, 0.25) is 5.91 Å². The lowest BCUT2D eigenvalue weighted by Gasteiger charge is -2.37. The Morgan fingerprint density at radius 2 is 1.54 bits per heavy atom. The molecular weight excluding hydrogens is 354 g/mol. The van der Waals surface area contributed by atoms with Gasteiger partial charge in [0.1, 0.15) is 0 Å². The zero-order valence-corrected chi connectivity index (χ0v) is 16.2. The largest absolute Gasteiger partial charge is 0.336 e. The number of nitrogens with zero attached hydrogens (tertiary/aromatic N) is 2. The number of benzene rings is 2. The van der Waals surface area contributed by atoms with Gasteiger partial charge < -0.3 is 10.2 Å². The van der Waals surface area contributed by atoms with E-state index >= 15 is 0 Å². The van der Waals surface area contributed by atoms with E-state index in [9.17, 15) is 14.4 Å². The van der Waals surface area contributed by atoms with Gasteiger partial charge in [-0.2, -0.15) is 0 Å². The molecule has 0 unspecified atom stereocenters. The fourth-order valence-corrected chi connectivity index (χ4v) is 3.30. The number of carbonyl (C=O) groups is 3. The molecule has 1 fully saturated rings. The number of hydrogen-bond acceptors (Lipinski definition) is 4. The van der Waals surface area contributed by atoms with Gasteiger partial charge in [0, 0.05) is 43.0 Å². The molecule has 28 heavy (non-hydrogen) atoms. The lowest BCUT2D eigenvalue weighted by molar-refractivity contribution is -0.121. The number of amides is 2. The van der Waals surface area contributed by atoms with Crippen molar-refractivity contribution in [3.63, 3.8) is 0 Å². The van der Waals surface area contributed by atoms with Crippen molar-refractivity contribution in [1.29, 1.82) is 0 Å². The Labute approximate surface area is 165 Å². The van der Waals surface area contributed by atoms with Crippen molar-refractivity contribution < 1.29 is 14.4 Å². The average molecular weight is 379 g/mol. The van der Waals surface area contributed by atoms with Gasteiger partial charge in [-0.05, 0) is 38.1 Å². The van der Waals surface area contributed by atoms with Crippen LogP contribution in [0, 0.1) is 0 Å². The van der Waals surface area contributed by atoms with Gasteiger partial charge in [0.25, 0.3) is 5.91 Å². The van der Waals surface area contributed by atoms with Gasteiger partial charge in [-0.15, -0.1) is 0 Å². The number of rotatable bonds is 5. The predicted molar refractivity (Wildman–Crippen MR) is 108 cm³/mol. The van der Waals surface area contributed by atoms with Crippen LogP contribution < -0.4 is 5.32 Å². The third-order valence-electron chi connectivity index (χ3n) is 5.09. The smallest absolute Gasteiger partial charge is 0.253 e. The number of piperazine rings is 1. The van der Waals surface area contributed by atoms with Crippen LogP contribution in [0.4, 0.5) is 5.69 Å². The summed E-state index contributed by atoms with van der Waals surface area (Å²) >= 11 is 0. The van der Waals surface area contributed by atoms with E-state index in [0.717, 1.165) is 0 Å². The Hall–Kier alpha value is -2.99. The molecule has 2 amide bonds. The van der Waals surface area contributed by atoms with Crippen LogP contribution in [0.1, 0.15) is 34.6 Å². The first-order chi connectivity index (χ1) is 13.5. The molecule has 1 heterocycles. The van der Waals surface area contributed by atoms with Crippen LogP contribution >= 0.6 is 0 Å². The minimum Gasteiger partial charge on any atom is -0.336 e. The van der Waals surface area contributed by atoms with Crippen molar-refractivity contribution in [2.45, 2.75) is 19.9 Å². The van der Waals surface area contributed by atoms with Crippen molar-refractivity contribution in [2.75, 3.05) is 31.5 Å². The van der Waals surface area contributed by atoms with Crippen molar-refractivity contribution in [2.24, 2.45) is 0 Å². The monoisotopic (exact) mass is 379 g/mol. The molecule has 146 valence electrons. The molecule has 0 spiro atoms. The molecule has 1 saturated heterocycles. The fraction of sp³-hybridized carbons (Fsp3) is 0.318. The summed E-state index contributed by atoms with van der Waals surface area (Å²) < 4.78 is 0. The molecule has 2 aromatic carbocycles. The van der Waals surface area contributed by atoms with Gasteiger partial charge in [0.05, 0.1) is 6.04 Å². The van der Waals surface area contributed by atoms with Crippen LogP contribution in [-0.2, 0) is 4.79 Å².